The Morgan fingerprint density at radius 3 is 2.34 bits per heavy atom. The van der Waals surface area contributed by atoms with Crippen LogP contribution in [0.3, 0.4) is 0 Å². The van der Waals surface area contributed by atoms with Crippen LogP contribution in [-0.2, 0) is 14.4 Å². The first-order valence-electron chi connectivity index (χ1n) is 13.4. The number of anilines is 2. The van der Waals surface area contributed by atoms with Crippen molar-refractivity contribution >= 4 is 52.8 Å². The third-order valence-electron chi connectivity index (χ3n) is 6.26. The zero-order chi connectivity index (χ0) is 31.8. The van der Waals surface area contributed by atoms with Gasteiger partial charge in [-0.25, -0.2) is 9.69 Å². The largest absolute Gasteiger partial charge is 0.495 e. The molecule has 2 N–H and O–H groups in total. The number of urea groups is 1. The van der Waals surface area contributed by atoms with Crippen molar-refractivity contribution in [3.8, 4) is 28.7 Å². The average Bonchev–Trinajstić information content (AvgIpc) is 3.01. The highest BCUT2D eigenvalue weighted by Gasteiger charge is 2.37. The lowest BCUT2D eigenvalue weighted by Gasteiger charge is -2.27. The molecule has 4 rings (SSSR count). The summed E-state index contributed by atoms with van der Waals surface area (Å²) in [6.45, 7) is 2.00. The van der Waals surface area contributed by atoms with Crippen LogP contribution in [0.5, 0.6) is 28.7 Å². The van der Waals surface area contributed by atoms with Crippen molar-refractivity contribution in [1.29, 1.82) is 0 Å². The standard InChI is InChI=1S/C31H30ClN3O9/c1-5-12-43-24-11-10-19(16-25(24)41-3)35-30(38)20(29(37)34-31(35)39)13-18-14-21(32)28(26(15-18)42-4)44-17-27(36)33-22-8-6-7-9-23(22)40-2/h6-11,13-16H,5,12,17H2,1-4H3,(H,33,36)(H,34,37,39)/b20-13-. The van der Waals surface area contributed by atoms with Gasteiger partial charge in [-0.15, -0.1) is 0 Å². The summed E-state index contributed by atoms with van der Waals surface area (Å²) in [5.41, 5.74) is 0.590. The minimum absolute atomic E-state index is 0.0466. The Hall–Kier alpha value is -5.23. The Labute approximate surface area is 258 Å². The van der Waals surface area contributed by atoms with E-state index in [-0.39, 0.29) is 27.8 Å². The number of halogens is 1. The van der Waals surface area contributed by atoms with Gasteiger partial charge in [0.15, 0.2) is 29.6 Å². The van der Waals surface area contributed by atoms with Crippen molar-refractivity contribution in [3.63, 3.8) is 0 Å². The zero-order valence-electron chi connectivity index (χ0n) is 24.4. The molecule has 0 aliphatic carbocycles. The van der Waals surface area contributed by atoms with Crippen LogP contribution in [0.4, 0.5) is 16.2 Å². The van der Waals surface area contributed by atoms with Gasteiger partial charge in [-0.1, -0.05) is 30.7 Å². The maximum Gasteiger partial charge on any atom is 0.335 e. The van der Waals surface area contributed by atoms with Crippen molar-refractivity contribution in [2.45, 2.75) is 13.3 Å². The van der Waals surface area contributed by atoms with E-state index in [4.69, 9.17) is 35.3 Å². The van der Waals surface area contributed by atoms with Gasteiger partial charge in [0.1, 0.15) is 11.3 Å². The Morgan fingerprint density at radius 1 is 0.909 bits per heavy atom. The first-order chi connectivity index (χ1) is 21.2. The number of rotatable bonds is 12. The summed E-state index contributed by atoms with van der Waals surface area (Å²) in [6, 6.07) is 13.4. The molecular weight excluding hydrogens is 594 g/mol. The zero-order valence-corrected chi connectivity index (χ0v) is 25.2. The fourth-order valence-corrected chi connectivity index (χ4v) is 4.49. The number of amides is 5. The van der Waals surface area contributed by atoms with Crippen molar-refractivity contribution in [2.75, 3.05) is 44.8 Å². The first kappa shape index (κ1) is 31.7. The van der Waals surface area contributed by atoms with Gasteiger partial charge in [-0.05, 0) is 54.5 Å². The number of hydrogen-bond acceptors (Lipinski definition) is 9. The fourth-order valence-electron chi connectivity index (χ4n) is 4.22. The third-order valence-corrected chi connectivity index (χ3v) is 6.54. The molecule has 1 fully saturated rings. The number of hydrogen-bond donors (Lipinski definition) is 2. The molecule has 0 atom stereocenters. The summed E-state index contributed by atoms with van der Waals surface area (Å²) in [5, 5.41) is 4.91. The molecule has 1 aliphatic rings. The molecule has 3 aromatic rings. The summed E-state index contributed by atoms with van der Waals surface area (Å²) >= 11 is 6.47. The molecule has 1 saturated heterocycles. The summed E-state index contributed by atoms with van der Waals surface area (Å²) in [6.07, 6.45) is 2.04. The average molecular weight is 624 g/mol. The summed E-state index contributed by atoms with van der Waals surface area (Å²) in [7, 11) is 4.29. The molecule has 5 amide bonds. The van der Waals surface area contributed by atoms with Crippen molar-refractivity contribution in [2.24, 2.45) is 0 Å². The van der Waals surface area contributed by atoms with E-state index >= 15 is 0 Å². The van der Waals surface area contributed by atoms with Crippen molar-refractivity contribution < 1.29 is 42.9 Å². The number of carbonyl (C=O) groups excluding carboxylic acids is 4. The van der Waals surface area contributed by atoms with Crippen LogP contribution in [0.15, 0.2) is 60.2 Å². The highest BCUT2D eigenvalue weighted by molar-refractivity contribution is 6.39. The third kappa shape index (κ3) is 7.04. The Balaban J connectivity index is 1.56. The summed E-state index contributed by atoms with van der Waals surface area (Å²) < 4.78 is 27.3. The Kier molecular flexibility index (Phi) is 10.3. The monoisotopic (exact) mass is 623 g/mol. The number of ether oxygens (including phenoxy) is 5. The maximum atomic E-state index is 13.4. The minimum atomic E-state index is -0.924. The summed E-state index contributed by atoms with van der Waals surface area (Å²) in [5.74, 6) is -0.805. The summed E-state index contributed by atoms with van der Waals surface area (Å²) in [4.78, 5) is 52.3. The van der Waals surface area contributed by atoms with Crippen LogP contribution in [0.25, 0.3) is 6.08 Å². The molecule has 0 aromatic heterocycles. The van der Waals surface area contributed by atoms with Gasteiger partial charge in [0.25, 0.3) is 17.7 Å². The van der Waals surface area contributed by atoms with Crippen LogP contribution >= 0.6 is 11.6 Å². The second-order valence-corrected chi connectivity index (χ2v) is 9.62. The molecule has 1 heterocycles. The number of benzene rings is 3. The fraction of sp³-hybridized carbons (Fsp3) is 0.226. The van der Waals surface area contributed by atoms with E-state index in [1.807, 2.05) is 6.92 Å². The molecule has 3 aromatic carbocycles. The second-order valence-electron chi connectivity index (χ2n) is 9.21. The lowest BCUT2D eigenvalue weighted by atomic mass is 10.1. The second kappa shape index (κ2) is 14.3. The Morgan fingerprint density at radius 2 is 1.64 bits per heavy atom. The first-order valence-corrected chi connectivity index (χ1v) is 13.7. The van der Waals surface area contributed by atoms with Crippen LogP contribution < -0.4 is 39.2 Å². The molecule has 0 saturated carbocycles. The van der Waals surface area contributed by atoms with Gasteiger partial charge in [-0.2, -0.15) is 0 Å². The molecule has 0 spiro atoms. The van der Waals surface area contributed by atoms with Crippen LogP contribution in [0.2, 0.25) is 5.02 Å². The lowest BCUT2D eigenvalue weighted by molar-refractivity contribution is -0.122. The highest BCUT2D eigenvalue weighted by atomic mass is 35.5. The molecule has 44 heavy (non-hydrogen) atoms. The van der Waals surface area contributed by atoms with E-state index < -0.39 is 30.4 Å². The van der Waals surface area contributed by atoms with Gasteiger partial charge in [0.2, 0.25) is 0 Å². The number of nitrogens with zero attached hydrogens (tertiary/aromatic N) is 1. The van der Waals surface area contributed by atoms with Crippen molar-refractivity contribution in [1.82, 2.24) is 5.32 Å². The molecule has 0 radical (unpaired) electrons. The normalized spacial score (nSPS) is 13.8. The SMILES string of the molecule is CCCOc1ccc(N2C(=O)NC(=O)/C(=C/c3cc(Cl)c(OCC(=O)Nc4ccccc4OC)c(OC)c3)C2=O)cc1OC. The van der Waals surface area contributed by atoms with E-state index in [0.717, 1.165) is 11.3 Å². The van der Waals surface area contributed by atoms with Crippen LogP contribution in [-0.4, -0.2) is 58.3 Å². The van der Waals surface area contributed by atoms with E-state index in [9.17, 15) is 19.2 Å². The highest BCUT2D eigenvalue weighted by Crippen LogP contribution is 2.38. The van der Waals surface area contributed by atoms with Gasteiger partial charge in [0, 0.05) is 6.07 Å². The molecule has 0 bridgehead atoms. The van der Waals surface area contributed by atoms with Crippen LogP contribution in [0, 0.1) is 0 Å². The van der Waals surface area contributed by atoms with Crippen LogP contribution in [0.1, 0.15) is 18.9 Å². The topological polar surface area (TPSA) is 142 Å². The number of para-hydroxylation sites is 2. The smallest absolute Gasteiger partial charge is 0.335 e. The predicted molar refractivity (Wildman–Crippen MR) is 163 cm³/mol. The number of methoxy groups -OCH3 is 3. The van der Waals surface area contributed by atoms with Gasteiger partial charge in [-0.3, -0.25) is 19.7 Å². The molecular formula is C31H30ClN3O9. The predicted octanol–water partition coefficient (Wildman–Crippen LogP) is 4.84. The van der Waals surface area contributed by atoms with E-state index in [1.165, 1.54) is 51.7 Å². The van der Waals surface area contributed by atoms with Gasteiger partial charge < -0.3 is 29.0 Å². The molecule has 1 aliphatic heterocycles. The van der Waals surface area contributed by atoms with Gasteiger partial charge >= 0.3 is 6.03 Å². The van der Waals surface area contributed by atoms with E-state index in [1.54, 1.807) is 30.3 Å². The number of barbiturate groups is 1. The molecule has 12 nitrogen and oxygen atoms in total. The van der Waals surface area contributed by atoms with E-state index in [0.29, 0.717) is 35.1 Å². The number of carbonyl (C=O) groups is 4. The Bertz CT molecular complexity index is 1620. The van der Waals surface area contributed by atoms with Gasteiger partial charge in [0.05, 0.1) is 44.3 Å². The quantitative estimate of drug-likeness (QED) is 0.214. The lowest BCUT2D eigenvalue weighted by Crippen LogP contribution is -2.54. The minimum Gasteiger partial charge on any atom is -0.495 e. The number of nitrogens with one attached hydrogen (secondary N) is 2. The number of imide groups is 2. The molecule has 230 valence electrons. The maximum absolute atomic E-state index is 13.4. The van der Waals surface area contributed by atoms with Crippen molar-refractivity contribution in [3.05, 3.63) is 70.8 Å². The molecule has 13 heteroatoms. The van der Waals surface area contributed by atoms with E-state index in [2.05, 4.69) is 10.6 Å². The molecule has 0 unspecified atom stereocenters.